The predicted molar refractivity (Wildman–Crippen MR) is 226 cm³/mol. The van der Waals surface area contributed by atoms with Crippen LogP contribution in [0.1, 0.15) is 37.8 Å². The molecule has 2 aliphatic carbocycles. The summed E-state index contributed by atoms with van der Waals surface area (Å²) in [7, 11) is 0. The molecule has 0 fully saturated rings. The van der Waals surface area contributed by atoms with Crippen LogP contribution in [0.5, 0.6) is 0 Å². The second kappa shape index (κ2) is 11.1. The summed E-state index contributed by atoms with van der Waals surface area (Å²) in [4.78, 5) is 0. The molecule has 0 unspecified atom stereocenters. The zero-order valence-electron chi connectivity index (χ0n) is 29.3. The van der Waals surface area contributed by atoms with E-state index in [-0.39, 0.29) is 5.41 Å². The number of rotatable bonds is 3. The molecule has 8 aromatic carbocycles. The molecule has 11 rings (SSSR count). The van der Waals surface area contributed by atoms with Crippen LogP contribution in [0.15, 0.2) is 146 Å². The largest absolute Gasteiger partial charge is 0.135 e. The zero-order chi connectivity index (χ0) is 34.6. The van der Waals surface area contributed by atoms with Gasteiger partial charge in [-0.1, -0.05) is 141 Å². The number of hydrogen-bond acceptors (Lipinski definition) is 1. The van der Waals surface area contributed by atoms with Gasteiger partial charge in [-0.25, -0.2) is 0 Å². The molecule has 0 saturated carbocycles. The van der Waals surface area contributed by atoms with E-state index in [0.717, 1.165) is 12.8 Å². The zero-order valence-corrected chi connectivity index (χ0v) is 30.2. The Balaban J connectivity index is 1.10. The van der Waals surface area contributed by atoms with Gasteiger partial charge in [0.05, 0.1) is 0 Å². The summed E-state index contributed by atoms with van der Waals surface area (Å²) in [5.74, 6) is 0. The third kappa shape index (κ3) is 4.27. The van der Waals surface area contributed by atoms with E-state index in [2.05, 4.69) is 172 Å². The number of thiophene rings is 1. The van der Waals surface area contributed by atoms with Gasteiger partial charge in [0.1, 0.15) is 0 Å². The van der Waals surface area contributed by atoms with Crippen molar-refractivity contribution in [3.63, 3.8) is 0 Å². The van der Waals surface area contributed by atoms with Crippen LogP contribution in [-0.2, 0) is 5.41 Å². The number of fused-ring (bicyclic) bond motifs is 10. The minimum atomic E-state index is -0.0703. The maximum atomic E-state index is 2.50. The molecule has 0 amide bonds. The Morgan fingerprint density at radius 2 is 1.08 bits per heavy atom. The van der Waals surface area contributed by atoms with Crippen LogP contribution in [0, 0.1) is 0 Å². The maximum absolute atomic E-state index is 2.50. The van der Waals surface area contributed by atoms with Gasteiger partial charge in [-0.2, -0.15) is 0 Å². The van der Waals surface area contributed by atoms with Crippen molar-refractivity contribution >= 4 is 65.2 Å². The summed E-state index contributed by atoms with van der Waals surface area (Å²) in [6, 6.07) is 54.9. The fraction of sp³-hybridized carbons (Fsp3) is 0.0980. The third-order valence-corrected chi connectivity index (χ3v) is 13.1. The molecule has 0 radical (unpaired) electrons. The summed E-state index contributed by atoms with van der Waals surface area (Å²) >= 11 is 1.92. The highest BCUT2D eigenvalue weighted by Crippen LogP contribution is 2.52. The first-order valence-corrected chi connectivity index (χ1v) is 19.3. The van der Waals surface area contributed by atoms with E-state index >= 15 is 0 Å². The summed E-state index contributed by atoms with van der Waals surface area (Å²) in [6.07, 6.45) is 7.08. The SMILES string of the molecule is CC1(C)c2ccc(-c3cccc(-c4c5c(c(-c6ccccc6)c6ccccc46)=CCCC=5)c3)cc2-c2cc3c(ccc4c5ccccc5sc34)cc21. The Morgan fingerprint density at radius 3 is 1.87 bits per heavy atom. The van der Waals surface area contributed by atoms with Crippen LogP contribution >= 0.6 is 11.3 Å². The Morgan fingerprint density at radius 1 is 0.442 bits per heavy atom. The standard InChI is InChI=1S/C51H36S/c1-51(2)45-26-24-33(28-43(45)44-30-42-34(29-46(44)51)23-25-41-36-17-10-11-22-47(36)52-50(41)42)32-15-12-16-35(27-32)49-39-20-8-6-18-37(39)48(31-13-4-3-5-14-31)38-19-7-9-21-40(38)49/h3-6,8,10-30H,7,9H2,1-2H3. The molecule has 52 heavy (non-hydrogen) atoms. The van der Waals surface area contributed by atoms with Gasteiger partial charge >= 0.3 is 0 Å². The first kappa shape index (κ1) is 29.9. The minimum Gasteiger partial charge on any atom is -0.135 e. The van der Waals surface area contributed by atoms with Crippen molar-refractivity contribution in [2.75, 3.05) is 0 Å². The van der Waals surface area contributed by atoms with Crippen molar-refractivity contribution in [3.8, 4) is 44.5 Å². The maximum Gasteiger partial charge on any atom is 0.0434 e. The van der Waals surface area contributed by atoms with Crippen molar-refractivity contribution < 1.29 is 0 Å². The Kier molecular flexibility index (Phi) is 6.40. The lowest BCUT2D eigenvalue weighted by atomic mass is 9.81. The Bertz CT molecular complexity index is 3080. The minimum absolute atomic E-state index is 0.0703. The number of benzene rings is 8. The summed E-state index contributed by atoms with van der Waals surface area (Å²) in [5.41, 5.74) is 13.3. The molecular formula is C51H36S. The van der Waals surface area contributed by atoms with Crippen LogP contribution < -0.4 is 10.4 Å². The third-order valence-electron chi connectivity index (χ3n) is 11.9. The van der Waals surface area contributed by atoms with Gasteiger partial charge in [-0.3, -0.25) is 0 Å². The van der Waals surface area contributed by atoms with Gasteiger partial charge in [0.25, 0.3) is 0 Å². The molecule has 1 heterocycles. The van der Waals surface area contributed by atoms with E-state index in [1.807, 2.05) is 11.3 Å². The molecular weight excluding hydrogens is 645 g/mol. The molecule has 1 heteroatoms. The molecule has 0 N–H and O–H groups in total. The molecule has 0 saturated heterocycles. The molecule has 0 nitrogen and oxygen atoms in total. The van der Waals surface area contributed by atoms with Crippen molar-refractivity contribution in [1.82, 2.24) is 0 Å². The van der Waals surface area contributed by atoms with Crippen molar-refractivity contribution in [2.45, 2.75) is 32.1 Å². The summed E-state index contributed by atoms with van der Waals surface area (Å²) < 4.78 is 2.74. The highest BCUT2D eigenvalue weighted by atomic mass is 32.1. The first-order valence-electron chi connectivity index (χ1n) is 18.5. The van der Waals surface area contributed by atoms with Crippen molar-refractivity contribution in [1.29, 1.82) is 0 Å². The van der Waals surface area contributed by atoms with Crippen molar-refractivity contribution in [2.24, 2.45) is 0 Å². The van der Waals surface area contributed by atoms with E-state index < -0.39 is 0 Å². The smallest absolute Gasteiger partial charge is 0.0434 e. The van der Waals surface area contributed by atoms with Gasteiger partial charge in [0, 0.05) is 31.0 Å². The van der Waals surface area contributed by atoms with Gasteiger partial charge < -0.3 is 0 Å². The topological polar surface area (TPSA) is 0 Å². The van der Waals surface area contributed by atoms with Crippen LogP contribution in [-0.4, -0.2) is 0 Å². The molecule has 1 aromatic heterocycles. The second-order valence-electron chi connectivity index (χ2n) is 15.1. The molecule has 0 spiro atoms. The van der Waals surface area contributed by atoms with Crippen LogP contribution in [0.3, 0.4) is 0 Å². The second-order valence-corrected chi connectivity index (χ2v) is 16.2. The first-order chi connectivity index (χ1) is 25.5. The van der Waals surface area contributed by atoms with Gasteiger partial charge in [-0.15, -0.1) is 11.3 Å². The molecule has 0 aliphatic heterocycles. The van der Waals surface area contributed by atoms with E-state index in [1.165, 1.54) is 108 Å². The van der Waals surface area contributed by atoms with Crippen LogP contribution in [0.25, 0.3) is 98.4 Å². The summed E-state index contributed by atoms with van der Waals surface area (Å²) in [5, 5.41) is 10.8. The lowest BCUT2D eigenvalue weighted by Crippen LogP contribution is -2.31. The molecule has 9 aromatic rings. The lowest BCUT2D eigenvalue weighted by Gasteiger charge is -2.22. The lowest BCUT2D eigenvalue weighted by molar-refractivity contribution is 0.661. The fourth-order valence-electron chi connectivity index (χ4n) is 9.37. The van der Waals surface area contributed by atoms with E-state index in [4.69, 9.17) is 0 Å². The van der Waals surface area contributed by atoms with E-state index in [0.29, 0.717) is 0 Å². The highest BCUT2D eigenvalue weighted by Gasteiger charge is 2.36. The Labute approximate surface area is 307 Å². The summed E-state index contributed by atoms with van der Waals surface area (Å²) in [6.45, 7) is 4.78. The molecule has 0 bridgehead atoms. The quantitative estimate of drug-likeness (QED) is 0.174. The predicted octanol–water partition coefficient (Wildman–Crippen LogP) is 13.0. The monoisotopic (exact) mass is 680 g/mol. The van der Waals surface area contributed by atoms with E-state index in [9.17, 15) is 0 Å². The molecule has 246 valence electrons. The van der Waals surface area contributed by atoms with Gasteiger partial charge in [-0.05, 0) is 125 Å². The molecule has 0 atom stereocenters. The fourth-order valence-corrected chi connectivity index (χ4v) is 10.6. The normalized spacial score (nSPS) is 14.3. The number of hydrogen-bond donors (Lipinski definition) is 0. The van der Waals surface area contributed by atoms with Crippen molar-refractivity contribution in [3.05, 3.63) is 167 Å². The Hall–Kier alpha value is -5.76. The molecule has 2 aliphatic rings. The highest BCUT2D eigenvalue weighted by molar-refractivity contribution is 7.26. The van der Waals surface area contributed by atoms with Crippen LogP contribution in [0.4, 0.5) is 0 Å². The van der Waals surface area contributed by atoms with Gasteiger partial charge in [0.2, 0.25) is 0 Å². The van der Waals surface area contributed by atoms with E-state index in [1.54, 1.807) is 0 Å². The van der Waals surface area contributed by atoms with Gasteiger partial charge in [0.15, 0.2) is 0 Å². The average molecular weight is 681 g/mol. The average Bonchev–Trinajstić information content (AvgIpc) is 3.68. The van der Waals surface area contributed by atoms with Crippen LogP contribution in [0.2, 0.25) is 0 Å².